The van der Waals surface area contributed by atoms with Crippen LogP contribution in [0.3, 0.4) is 0 Å². The maximum atomic E-state index is 12.4. The van der Waals surface area contributed by atoms with Crippen molar-refractivity contribution in [2.45, 2.75) is 19.4 Å². The zero-order chi connectivity index (χ0) is 15.9. The van der Waals surface area contributed by atoms with Crippen LogP contribution in [0, 0.1) is 11.8 Å². The van der Waals surface area contributed by atoms with Gasteiger partial charge in [-0.05, 0) is 24.5 Å². The molecule has 1 saturated carbocycles. The summed E-state index contributed by atoms with van der Waals surface area (Å²) in [4.78, 5) is 40.6. The first-order valence-corrected chi connectivity index (χ1v) is 7.09. The number of carboxylic acids is 1. The summed E-state index contributed by atoms with van der Waals surface area (Å²) in [7, 11) is 1.31. The minimum absolute atomic E-state index is 0.00434. The van der Waals surface area contributed by atoms with Crippen LogP contribution < -0.4 is 0 Å². The number of carboxylic acid groups (broad SMARTS) is 1. The van der Waals surface area contributed by atoms with Crippen LogP contribution in [0.5, 0.6) is 0 Å². The summed E-state index contributed by atoms with van der Waals surface area (Å²) in [5.41, 5.74) is 1.50. The summed E-state index contributed by atoms with van der Waals surface area (Å²) < 4.78 is 4.65. The Morgan fingerprint density at radius 2 is 2.14 bits per heavy atom. The van der Waals surface area contributed by atoms with E-state index in [4.69, 9.17) is 0 Å². The van der Waals surface area contributed by atoms with Crippen LogP contribution in [-0.4, -0.2) is 46.5 Å². The lowest BCUT2D eigenvalue weighted by atomic mass is 9.98. The zero-order valence-corrected chi connectivity index (χ0v) is 12.1. The minimum atomic E-state index is -1.09. The second-order valence-corrected chi connectivity index (χ2v) is 5.58. The molecule has 22 heavy (non-hydrogen) atoms. The highest BCUT2D eigenvalue weighted by atomic mass is 16.5. The summed E-state index contributed by atoms with van der Waals surface area (Å²) >= 11 is 0. The molecule has 0 aromatic carbocycles. The number of hydrogen-bond donors (Lipinski definition) is 1. The van der Waals surface area contributed by atoms with E-state index >= 15 is 0 Å². The number of esters is 1. The van der Waals surface area contributed by atoms with E-state index in [1.165, 1.54) is 13.3 Å². The fraction of sp³-hybridized carbons (Fsp3) is 0.467. The predicted molar refractivity (Wildman–Crippen MR) is 73.9 cm³/mol. The maximum Gasteiger partial charge on any atom is 0.354 e. The van der Waals surface area contributed by atoms with E-state index < -0.39 is 5.97 Å². The summed E-state index contributed by atoms with van der Waals surface area (Å²) in [6.07, 6.45) is 2.58. The molecule has 116 valence electrons. The SMILES string of the molecule is COC(=O)[C@@H]1C[C@H]1C(=O)N1CCc2ccnc(C(=O)O)c2C1. The van der Waals surface area contributed by atoms with Crippen molar-refractivity contribution in [3.05, 3.63) is 29.1 Å². The van der Waals surface area contributed by atoms with E-state index in [2.05, 4.69) is 9.72 Å². The van der Waals surface area contributed by atoms with Gasteiger partial charge in [0, 0.05) is 24.8 Å². The van der Waals surface area contributed by atoms with Gasteiger partial charge in [0.15, 0.2) is 5.69 Å². The van der Waals surface area contributed by atoms with Crippen molar-refractivity contribution < 1.29 is 24.2 Å². The molecule has 1 aliphatic carbocycles. The maximum absolute atomic E-state index is 12.4. The Bertz CT molecular complexity index is 657. The van der Waals surface area contributed by atoms with Gasteiger partial charge in [0.25, 0.3) is 0 Å². The summed E-state index contributed by atoms with van der Waals surface area (Å²) in [6, 6.07) is 1.79. The lowest BCUT2D eigenvalue weighted by Gasteiger charge is -2.29. The molecule has 1 aromatic rings. The second-order valence-electron chi connectivity index (χ2n) is 5.58. The van der Waals surface area contributed by atoms with Crippen molar-refractivity contribution in [2.24, 2.45) is 11.8 Å². The molecule has 1 aromatic heterocycles. The predicted octanol–water partition coefficient (Wildman–Crippen LogP) is 0.474. The Hall–Kier alpha value is -2.44. The number of pyridine rings is 1. The molecule has 1 aliphatic heterocycles. The number of aromatic carboxylic acids is 1. The van der Waals surface area contributed by atoms with Crippen LogP contribution in [-0.2, 0) is 27.3 Å². The van der Waals surface area contributed by atoms with Gasteiger partial charge < -0.3 is 14.7 Å². The van der Waals surface area contributed by atoms with Gasteiger partial charge in [0.2, 0.25) is 5.91 Å². The van der Waals surface area contributed by atoms with Crippen LogP contribution >= 0.6 is 0 Å². The third kappa shape index (κ3) is 2.43. The van der Waals surface area contributed by atoms with Gasteiger partial charge in [-0.25, -0.2) is 9.78 Å². The van der Waals surface area contributed by atoms with E-state index in [1.807, 2.05) is 0 Å². The van der Waals surface area contributed by atoms with Gasteiger partial charge in [-0.15, -0.1) is 0 Å². The average Bonchev–Trinajstić information content (AvgIpc) is 3.32. The number of hydrogen-bond acceptors (Lipinski definition) is 5. The molecule has 7 heteroatoms. The van der Waals surface area contributed by atoms with Gasteiger partial charge >= 0.3 is 11.9 Å². The van der Waals surface area contributed by atoms with Crippen molar-refractivity contribution in [1.82, 2.24) is 9.88 Å². The highest BCUT2D eigenvalue weighted by molar-refractivity contribution is 5.91. The standard InChI is InChI=1S/C15H16N2O5/c1-22-15(21)10-6-9(10)13(18)17-5-3-8-2-4-16-12(14(19)20)11(8)7-17/h2,4,9-10H,3,5-7H2,1H3,(H,19,20)/t9-,10-/m1/s1. The number of amides is 1. The smallest absolute Gasteiger partial charge is 0.354 e. The number of methoxy groups -OCH3 is 1. The number of carbonyl (C=O) groups excluding carboxylic acids is 2. The Kier molecular flexibility index (Phi) is 3.56. The lowest BCUT2D eigenvalue weighted by Crippen LogP contribution is -2.38. The van der Waals surface area contributed by atoms with Gasteiger partial charge in [-0.3, -0.25) is 9.59 Å². The molecule has 0 bridgehead atoms. The van der Waals surface area contributed by atoms with E-state index in [0.29, 0.717) is 24.9 Å². The molecule has 1 amide bonds. The molecule has 1 N–H and O–H groups in total. The van der Waals surface area contributed by atoms with Crippen molar-refractivity contribution in [3.63, 3.8) is 0 Å². The monoisotopic (exact) mass is 304 g/mol. The topological polar surface area (TPSA) is 96.8 Å². The summed E-state index contributed by atoms with van der Waals surface area (Å²) in [5, 5.41) is 9.21. The highest BCUT2D eigenvalue weighted by Gasteiger charge is 2.50. The Morgan fingerprint density at radius 1 is 1.36 bits per heavy atom. The molecule has 3 rings (SSSR count). The molecule has 0 unspecified atom stereocenters. The number of nitrogens with zero attached hydrogens (tertiary/aromatic N) is 2. The molecule has 0 saturated heterocycles. The number of aromatic nitrogens is 1. The Balaban J connectivity index is 1.76. The molecule has 2 atom stereocenters. The molecule has 7 nitrogen and oxygen atoms in total. The number of carbonyl (C=O) groups is 3. The van der Waals surface area contributed by atoms with Gasteiger partial charge in [0.05, 0.1) is 18.9 Å². The van der Waals surface area contributed by atoms with E-state index in [0.717, 1.165) is 5.56 Å². The normalized spacial score (nSPS) is 22.7. The molecule has 0 spiro atoms. The van der Waals surface area contributed by atoms with Crippen molar-refractivity contribution in [3.8, 4) is 0 Å². The first-order chi connectivity index (χ1) is 10.5. The summed E-state index contributed by atoms with van der Waals surface area (Å²) in [6.45, 7) is 0.757. The minimum Gasteiger partial charge on any atom is -0.477 e. The molecular weight excluding hydrogens is 288 g/mol. The van der Waals surface area contributed by atoms with Crippen LogP contribution in [0.25, 0.3) is 0 Å². The van der Waals surface area contributed by atoms with E-state index in [9.17, 15) is 19.5 Å². The third-order valence-corrected chi connectivity index (χ3v) is 4.28. The van der Waals surface area contributed by atoms with Crippen molar-refractivity contribution >= 4 is 17.8 Å². The first kappa shape index (κ1) is 14.5. The largest absolute Gasteiger partial charge is 0.477 e. The molecule has 0 radical (unpaired) electrons. The van der Waals surface area contributed by atoms with Crippen molar-refractivity contribution in [1.29, 1.82) is 0 Å². The lowest BCUT2D eigenvalue weighted by molar-refractivity contribution is -0.145. The van der Waals surface area contributed by atoms with Crippen LogP contribution in [0.4, 0.5) is 0 Å². The molecule has 2 aliphatic rings. The van der Waals surface area contributed by atoms with Gasteiger partial charge in [-0.2, -0.15) is 0 Å². The van der Waals surface area contributed by atoms with Crippen molar-refractivity contribution in [2.75, 3.05) is 13.7 Å². The fourth-order valence-corrected chi connectivity index (χ4v) is 2.96. The zero-order valence-electron chi connectivity index (χ0n) is 12.1. The Morgan fingerprint density at radius 3 is 2.82 bits per heavy atom. The number of ether oxygens (including phenoxy) is 1. The van der Waals surface area contributed by atoms with Gasteiger partial charge in [-0.1, -0.05) is 0 Å². The molecular formula is C15H16N2O5. The van der Waals surface area contributed by atoms with Crippen LogP contribution in [0.15, 0.2) is 12.3 Å². The first-order valence-electron chi connectivity index (χ1n) is 7.09. The molecule has 2 heterocycles. The number of fused-ring (bicyclic) bond motifs is 1. The van der Waals surface area contributed by atoms with E-state index in [-0.39, 0.29) is 36.0 Å². The fourth-order valence-electron chi connectivity index (χ4n) is 2.96. The average molecular weight is 304 g/mol. The second kappa shape index (κ2) is 5.40. The third-order valence-electron chi connectivity index (χ3n) is 4.28. The number of rotatable bonds is 3. The summed E-state index contributed by atoms with van der Waals surface area (Å²) in [5.74, 6) is -2.25. The van der Waals surface area contributed by atoms with Crippen LogP contribution in [0.2, 0.25) is 0 Å². The van der Waals surface area contributed by atoms with Gasteiger partial charge in [0.1, 0.15) is 0 Å². The Labute approximate surface area is 126 Å². The van der Waals surface area contributed by atoms with Crippen LogP contribution in [0.1, 0.15) is 28.0 Å². The highest BCUT2D eigenvalue weighted by Crippen LogP contribution is 2.41. The molecule has 1 fully saturated rings. The quantitative estimate of drug-likeness (QED) is 0.816. The van der Waals surface area contributed by atoms with E-state index in [1.54, 1.807) is 11.0 Å².